The number of nitrogens with zero attached hydrogens (tertiary/aromatic N) is 2. The van der Waals surface area contributed by atoms with Crippen LogP contribution in [0.15, 0.2) is 60.7 Å². The van der Waals surface area contributed by atoms with Crippen LogP contribution in [0.1, 0.15) is 96.8 Å². The molecule has 2 aliphatic heterocycles. The Morgan fingerprint density at radius 2 is 0.689 bits per heavy atom. The second-order valence-electron chi connectivity index (χ2n) is 19.0. The molecule has 0 aromatic heterocycles. The van der Waals surface area contributed by atoms with Crippen LogP contribution in [0.2, 0.25) is 0 Å². The summed E-state index contributed by atoms with van der Waals surface area (Å²) in [7, 11) is 11.4. The minimum atomic E-state index is -4.41. The minimum absolute atomic E-state index is 0.290. The molecule has 0 fully saturated rings. The topological polar surface area (TPSA) is 207 Å². The summed E-state index contributed by atoms with van der Waals surface area (Å²) in [6.45, 7) is 4.49. The molecule has 0 amide bonds. The van der Waals surface area contributed by atoms with Crippen LogP contribution in [0.4, 0.5) is 0 Å². The molecule has 2 heterocycles. The van der Waals surface area contributed by atoms with Gasteiger partial charge in [0.15, 0.2) is 46.0 Å². The van der Waals surface area contributed by atoms with Gasteiger partial charge in [-0.05, 0) is 96.5 Å². The van der Waals surface area contributed by atoms with Crippen molar-refractivity contribution in [1.82, 2.24) is 0 Å². The van der Waals surface area contributed by atoms with E-state index in [9.17, 15) is 25.9 Å². The SMILES string of the molecule is COS(=O)(=O)[O-].COS(=O)(=O)[O-].COc1ccc(CC2c3cc(OC)c(OC)cc3CC[N+]2(C)CCCCCCCCCC[N+]2(C)CCc3cc(OC)c(OC)cc3C2Cc2ccc(OC)c(OC)c2)cc1OC. The van der Waals surface area contributed by atoms with E-state index in [1.165, 1.54) is 84.7 Å². The van der Waals surface area contributed by atoms with Crippen LogP contribution in [0.25, 0.3) is 0 Å². The second-order valence-corrected chi connectivity index (χ2v) is 21.3. The van der Waals surface area contributed by atoms with Crippen LogP contribution in [-0.2, 0) is 54.8 Å². The lowest BCUT2D eigenvalue weighted by molar-refractivity contribution is -0.941. The van der Waals surface area contributed by atoms with Gasteiger partial charge in [-0.3, -0.25) is 8.37 Å². The molecule has 4 aromatic carbocycles. The number of likely N-dealkylation sites (N-methyl/N-ethyl adjacent to an activating group) is 2. The van der Waals surface area contributed by atoms with E-state index in [1.54, 1.807) is 56.9 Å². The number of rotatable bonds is 25. The van der Waals surface area contributed by atoms with E-state index in [0.29, 0.717) is 0 Å². The summed E-state index contributed by atoms with van der Waals surface area (Å²) >= 11 is 0. The fraction of sp³-hybridized carbons (Fsp3) is 0.556. The monoisotopic (exact) mass is 1080 g/mol. The van der Waals surface area contributed by atoms with Crippen LogP contribution >= 0.6 is 0 Å². The van der Waals surface area contributed by atoms with Crippen molar-refractivity contribution in [2.24, 2.45) is 0 Å². The maximum absolute atomic E-state index is 9.22. The highest BCUT2D eigenvalue weighted by Gasteiger charge is 2.41. The van der Waals surface area contributed by atoms with E-state index >= 15 is 0 Å². The van der Waals surface area contributed by atoms with Gasteiger partial charge in [0.1, 0.15) is 12.1 Å². The van der Waals surface area contributed by atoms with Crippen molar-refractivity contribution >= 4 is 20.8 Å². The maximum Gasteiger partial charge on any atom is 0.217 e. The third kappa shape index (κ3) is 17.2. The third-order valence-corrected chi connectivity index (χ3v) is 15.4. The third-order valence-electron chi connectivity index (χ3n) is 14.5. The highest BCUT2D eigenvalue weighted by Crippen LogP contribution is 2.45. The van der Waals surface area contributed by atoms with Crippen LogP contribution in [0.5, 0.6) is 46.0 Å². The number of unbranched alkanes of at least 4 members (excludes halogenated alkanes) is 7. The highest BCUT2D eigenvalue weighted by atomic mass is 32.3. The molecule has 18 nitrogen and oxygen atoms in total. The van der Waals surface area contributed by atoms with Gasteiger partial charge in [-0.25, -0.2) is 16.8 Å². The van der Waals surface area contributed by atoms with Gasteiger partial charge in [0.05, 0.1) is 111 Å². The molecule has 0 aliphatic carbocycles. The van der Waals surface area contributed by atoms with E-state index in [0.717, 1.165) is 121 Å². The Bertz CT molecular complexity index is 2450. The Balaban J connectivity index is 0.000000882. The molecule has 74 heavy (non-hydrogen) atoms. The zero-order chi connectivity index (χ0) is 54.7. The molecule has 0 spiro atoms. The molecule has 6 rings (SSSR count). The number of fused-ring (bicyclic) bond motifs is 2. The lowest BCUT2D eigenvalue weighted by Gasteiger charge is -2.46. The predicted molar refractivity (Wildman–Crippen MR) is 281 cm³/mol. The summed E-state index contributed by atoms with van der Waals surface area (Å²) in [5.41, 5.74) is 7.94. The fourth-order valence-corrected chi connectivity index (χ4v) is 10.3. The molecule has 0 saturated heterocycles. The van der Waals surface area contributed by atoms with E-state index in [2.05, 4.69) is 71.0 Å². The van der Waals surface area contributed by atoms with Crippen molar-refractivity contribution in [3.05, 3.63) is 94.0 Å². The number of ether oxygens (including phenoxy) is 8. The lowest BCUT2D eigenvalue weighted by atomic mass is 9.86. The summed E-state index contributed by atoms with van der Waals surface area (Å²) in [4.78, 5) is 0. The summed E-state index contributed by atoms with van der Waals surface area (Å²) in [6.07, 6.45) is 14.0. The average Bonchev–Trinajstić information content (AvgIpc) is 3.39. The lowest BCUT2D eigenvalue weighted by Crippen LogP contribution is -2.52. The first-order chi connectivity index (χ1) is 35.2. The number of methoxy groups -OCH3 is 8. The molecule has 2 aliphatic rings. The van der Waals surface area contributed by atoms with E-state index in [1.807, 2.05) is 12.1 Å². The van der Waals surface area contributed by atoms with Gasteiger partial charge in [0.25, 0.3) is 0 Å². The average molecular weight is 1080 g/mol. The number of benzene rings is 4. The summed E-state index contributed by atoms with van der Waals surface area (Å²) in [5, 5.41) is 0. The normalized spacial score (nSPS) is 19.0. The Labute approximate surface area is 440 Å². The van der Waals surface area contributed by atoms with Crippen LogP contribution in [0, 0.1) is 0 Å². The maximum atomic E-state index is 9.22. The van der Waals surface area contributed by atoms with Gasteiger partial charge in [-0.2, -0.15) is 0 Å². The zero-order valence-electron chi connectivity index (χ0n) is 45.5. The standard InChI is InChI=1S/C52H74N2O8.2CH4O4S/c1-53(27-23-39-33-49(59-7)51(61-9)35-41(39)43(53)29-37-19-21-45(55-3)47(31-37)57-5)25-17-15-13-11-12-14-16-18-26-54(2)28-24-40-34-50(60-8)52(62-10)36-42(40)44(54)30-38-20-22-46(56-4)48(32-38)58-6;2*1-5-6(2,3)4/h19-22,31-36,43-44H,11-18,23-30H2,1-10H3;2*1H3,(H,2,3,4)/q+2;;/p-2. The first kappa shape index (κ1) is 61.5. The quantitative estimate of drug-likeness (QED) is 0.0265. The highest BCUT2D eigenvalue weighted by molar-refractivity contribution is 7.81. The Hall–Kier alpha value is -5.06. The summed E-state index contributed by atoms with van der Waals surface area (Å²) < 4.78 is 110. The van der Waals surface area contributed by atoms with Gasteiger partial charge < -0.3 is 56.0 Å². The molecule has 0 bridgehead atoms. The van der Waals surface area contributed by atoms with Crippen LogP contribution in [0.3, 0.4) is 0 Å². The smallest absolute Gasteiger partial charge is 0.217 e. The van der Waals surface area contributed by atoms with Crippen molar-refractivity contribution in [2.75, 3.05) is 111 Å². The summed E-state index contributed by atoms with van der Waals surface area (Å²) in [5.74, 6) is 6.26. The van der Waals surface area contributed by atoms with Crippen molar-refractivity contribution in [3.8, 4) is 46.0 Å². The van der Waals surface area contributed by atoms with Crippen LogP contribution < -0.4 is 37.9 Å². The van der Waals surface area contributed by atoms with E-state index in [4.69, 9.17) is 37.9 Å². The summed E-state index contributed by atoms with van der Waals surface area (Å²) in [6, 6.07) is 22.1. The zero-order valence-corrected chi connectivity index (χ0v) is 47.1. The molecule has 20 heteroatoms. The first-order valence-electron chi connectivity index (χ1n) is 24.8. The van der Waals surface area contributed by atoms with Crippen molar-refractivity contribution in [1.29, 1.82) is 0 Å². The predicted octanol–water partition coefficient (Wildman–Crippen LogP) is 8.34. The van der Waals surface area contributed by atoms with E-state index in [-0.39, 0.29) is 12.1 Å². The molecule has 0 N–H and O–H groups in total. The molecule has 0 radical (unpaired) electrons. The molecule has 4 aromatic rings. The van der Waals surface area contributed by atoms with Crippen molar-refractivity contribution < 1.29 is 81.2 Å². The molecule has 4 atom stereocenters. The second kappa shape index (κ2) is 28.7. The van der Waals surface area contributed by atoms with Crippen molar-refractivity contribution in [2.45, 2.75) is 89.1 Å². The number of hydrogen-bond acceptors (Lipinski definition) is 16. The van der Waals surface area contributed by atoms with Gasteiger partial charge in [-0.15, -0.1) is 0 Å². The molecule has 0 saturated carbocycles. The van der Waals surface area contributed by atoms with Gasteiger partial charge >= 0.3 is 0 Å². The fourth-order valence-electron chi connectivity index (χ4n) is 10.3. The van der Waals surface area contributed by atoms with Gasteiger partial charge in [0.2, 0.25) is 20.8 Å². The van der Waals surface area contributed by atoms with E-state index < -0.39 is 20.8 Å². The Morgan fingerprint density at radius 3 is 0.973 bits per heavy atom. The number of quaternary nitrogens is 2. The van der Waals surface area contributed by atoms with Crippen LogP contribution in [-0.4, -0.2) is 146 Å². The van der Waals surface area contributed by atoms with Crippen molar-refractivity contribution in [3.63, 3.8) is 0 Å². The first-order valence-corrected chi connectivity index (χ1v) is 27.5. The van der Waals surface area contributed by atoms with Gasteiger partial charge in [0, 0.05) is 36.8 Å². The minimum Gasteiger partial charge on any atom is -0.726 e. The number of hydrogen-bond donors (Lipinski definition) is 0. The largest absolute Gasteiger partial charge is 0.726 e. The molecule has 414 valence electrons. The Kier molecular flexibility index (Phi) is 23.9. The molecule has 4 unspecified atom stereocenters. The molecular formula is C54H80N2O16S2. The Morgan fingerprint density at radius 1 is 0.419 bits per heavy atom. The molecular weight excluding hydrogens is 997 g/mol. The van der Waals surface area contributed by atoms with Gasteiger partial charge in [-0.1, -0.05) is 37.8 Å².